The molecular formula is C19H38N2S. The molecule has 2 rings (SSSR count). The first-order valence-electron chi connectivity index (χ1n) is 9.33. The number of nitrogens with zero attached hydrogens (tertiary/aromatic N) is 2. The van der Waals surface area contributed by atoms with Crippen molar-refractivity contribution in [3.63, 3.8) is 0 Å². The molecule has 0 N–H and O–H groups in total. The summed E-state index contributed by atoms with van der Waals surface area (Å²) >= 11 is 4.55. The topological polar surface area (TPSA) is 6.48 Å². The Morgan fingerprint density at radius 1 is 1.05 bits per heavy atom. The summed E-state index contributed by atoms with van der Waals surface area (Å²) in [4.78, 5) is 5.08. The van der Waals surface area contributed by atoms with Crippen molar-refractivity contribution in [2.24, 2.45) is 11.8 Å². The van der Waals surface area contributed by atoms with E-state index in [0.717, 1.165) is 18.4 Å². The third-order valence-corrected chi connectivity index (χ3v) is 5.37. The zero-order valence-corrected chi connectivity index (χ0v) is 16.2. The van der Waals surface area contributed by atoms with Gasteiger partial charge in [-0.15, -0.1) is 0 Å². The summed E-state index contributed by atoms with van der Waals surface area (Å²) in [7, 11) is 0. The molecule has 0 aliphatic carbocycles. The van der Waals surface area contributed by atoms with E-state index in [-0.39, 0.29) is 0 Å². The highest BCUT2D eigenvalue weighted by atomic mass is 32.1. The molecule has 1 atom stereocenters. The molecule has 0 spiro atoms. The Bertz CT molecular complexity index is 301. The van der Waals surface area contributed by atoms with Crippen LogP contribution in [0.25, 0.3) is 0 Å². The largest absolute Gasteiger partial charge is 0.299 e. The summed E-state index contributed by atoms with van der Waals surface area (Å²) in [5, 5.41) is 0.432. The SMILES string of the molecule is C=C(C)CN1CCC(CC2CCN(C(C)S)CC2)CC1.CC. The van der Waals surface area contributed by atoms with Gasteiger partial charge in [-0.3, -0.25) is 9.80 Å². The van der Waals surface area contributed by atoms with E-state index in [1.54, 1.807) is 0 Å². The van der Waals surface area contributed by atoms with Crippen molar-refractivity contribution >= 4 is 12.6 Å². The van der Waals surface area contributed by atoms with Crippen LogP contribution in [0.4, 0.5) is 0 Å². The van der Waals surface area contributed by atoms with Gasteiger partial charge in [-0.25, -0.2) is 0 Å². The molecular weight excluding hydrogens is 288 g/mol. The van der Waals surface area contributed by atoms with Crippen molar-refractivity contribution in [1.82, 2.24) is 9.80 Å². The number of hydrogen-bond donors (Lipinski definition) is 1. The molecule has 2 fully saturated rings. The van der Waals surface area contributed by atoms with Crippen LogP contribution in [0.1, 0.15) is 59.8 Å². The van der Waals surface area contributed by atoms with Gasteiger partial charge in [0.05, 0.1) is 0 Å². The number of hydrogen-bond acceptors (Lipinski definition) is 3. The summed E-state index contributed by atoms with van der Waals surface area (Å²) in [6.45, 7) is 18.5. The van der Waals surface area contributed by atoms with Gasteiger partial charge in [0.25, 0.3) is 0 Å². The first-order valence-corrected chi connectivity index (χ1v) is 9.85. The van der Waals surface area contributed by atoms with Crippen LogP contribution in [0.2, 0.25) is 0 Å². The van der Waals surface area contributed by atoms with Crippen LogP contribution in [0, 0.1) is 11.8 Å². The Balaban J connectivity index is 0.00000116. The Labute approximate surface area is 144 Å². The highest BCUT2D eigenvalue weighted by Crippen LogP contribution is 2.30. The van der Waals surface area contributed by atoms with Gasteiger partial charge in [-0.2, -0.15) is 12.6 Å². The maximum absolute atomic E-state index is 4.55. The molecule has 2 aliphatic heterocycles. The van der Waals surface area contributed by atoms with Crippen LogP contribution in [-0.4, -0.2) is 47.9 Å². The fourth-order valence-electron chi connectivity index (χ4n) is 3.80. The standard InChI is InChI=1S/C17H32N2S.C2H6/c1-14(2)13-18-8-4-16(5-9-18)12-17-6-10-19(11-7-17)15(3)20;1-2/h15-17,20H,1,4-13H2,2-3H3;1-2H3. The first kappa shape index (κ1) is 20.1. The van der Waals surface area contributed by atoms with Crippen LogP contribution >= 0.6 is 12.6 Å². The molecule has 2 heterocycles. The van der Waals surface area contributed by atoms with Gasteiger partial charge in [-0.05, 0) is 84.0 Å². The average molecular weight is 327 g/mol. The van der Waals surface area contributed by atoms with Gasteiger partial charge in [0.15, 0.2) is 0 Å². The van der Waals surface area contributed by atoms with Crippen molar-refractivity contribution in [3.8, 4) is 0 Å². The Morgan fingerprint density at radius 2 is 1.50 bits per heavy atom. The van der Waals surface area contributed by atoms with Crippen LogP contribution in [0.3, 0.4) is 0 Å². The van der Waals surface area contributed by atoms with Crippen molar-refractivity contribution in [1.29, 1.82) is 0 Å². The number of piperidine rings is 2. The smallest absolute Gasteiger partial charge is 0.0499 e. The molecule has 0 amide bonds. The molecule has 2 nitrogen and oxygen atoms in total. The Morgan fingerprint density at radius 3 is 1.91 bits per heavy atom. The fraction of sp³-hybridized carbons (Fsp3) is 0.895. The van der Waals surface area contributed by atoms with Gasteiger partial charge in [-0.1, -0.05) is 26.0 Å². The van der Waals surface area contributed by atoms with E-state index < -0.39 is 0 Å². The van der Waals surface area contributed by atoms with Crippen molar-refractivity contribution < 1.29 is 0 Å². The molecule has 2 aliphatic rings. The predicted octanol–water partition coefficient (Wildman–Crippen LogP) is 4.68. The minimum atomic E-state index is 0.432. The lowest BCUT2D eigenvalue weighted by Gasteiger charge is -2.37. The van der Waals surface area contributed by atoms with Crippen LogP contribution in [-0.2, 0) is 0 Å². The minimum Gasteiger partial charge on any atom is -0.299 e. The quantitative estimate of drug-likeness (QED) is 0.579. The fourth-order valence-corrected chi connectivity index (χ4v) is 4.03. The second-order valence-corrected chi connectivity index (χ2v) is 7.77. The van der Waals surface area contributed by atoms with Crippen LogP contribution < -0.4 is 0 Å². The molecule has 2 saturated heterocycles. The molecule has 0 aromatic carbocycles. The van der Waals surface area contributed by atoms with Crippen LogP contribution in [0.15, 0.2) is 12.2 Å². The summed E-state index contributed by atoms with van der Waals surface area (Å²) in [5.74, 6) is 1.94. The lowest BCUT2D eigenvalue weighted by Crippen LogP contribution is -2.39. The number of rotatable bonds is 5. The molecule has 0 radical (unpaired) electrons. The maximum atomic E-state index is 4.55. The third kappa shape index (κ3) is 7.06. The molecule has 0 aromatic rings. The second kappa shape index (κ2) is 10.7. The molecule has 130 valence electrons. The lowest BCUT2D eigenvalue weighted by atomic mass is 9.83. The summed E-state index contributed by atoms with van der Waals surface area (Å²) in [6, 6.07) is 0. The highest BCUT2D eigenvalue weighted by Gasteiger charge is 2.26. The van der Waals surface area contributed by atoms with E-state index in [1.165, 1.54) is 63.9 Å². The van der Waals surface area contributed by atoms with E-state index in [2.05, 4.69) is 42.9 Å². The number of thiol groups is 1. The van der Waals surface area contributed by atoms with Gasteiger partial charge >= 0.3 is 0 Å². The molecule has 0 aromatic heterocycles. The predicted molar refractivity (Wildman–Crippen MR) is 103 cm³/mol. The van der Waals surface area contributed by atoms with Crippen molar-refractivity contribution in [3.05, 3.63) is 12.2 Å². The Hall–Kier alpha value is 0.0100. The van der Waals surface area contributed by atoms with Gasteiger partial charge in [0.2, 0.25) is 0 Å². The summed E-state index contributed by atoms with van der Waals surface area (Å²) in [6.07, 6.45) is 7.04. The van der Waals surface area contributed by atoms with Crippen molar-refractivity contribution in [2.75, 3.05) is 32.7 Å². The molecule has 0 bridgehead atoms. The minimum absolute atomic E-state index is 0.432. The van der Waals surface area contributed by atoms with Gasteiger partial charge < -0.3 is 0 Å². The molecule has 0 saturated carbocycles. The second-order valence-electron chi connectivity index (χ2n) is 7.02. The summed E-state index contributed by atoms with van der Waals surface area (Å²) < 4.78 is 0. The molecule has 3 heteroatoms. The lowest BCUT2D eigenvalue weighted by molar-refractivity contribution is 0.134. The first-order chi connectivity index (χ1) is 10.5. The number of likely N-dealkylation sites (tertiary alicyclic amines) is 2. The van der Waals surface area contributed by atoms with E-state index in [0.29, 0.717) is 5.37 Å². The average Bonchev–Trinajstić information content (AvgIpc) is 2.51. The normalized spacial score (nSPS) is 23.7. The molecule has 22 heavy (non-hydrogen) atoms. The maximum Gasteiger partial charge on any atom is 0.0499 e. The van der Waals surface area contributed by atoms with Gasteiger partial charge in [0, 0.05) is 11.9 Å². The third-order valence-electron chi connectivity index (χ3n) is 5.04. The Kier molecular flexibility index (Phi) is 9.77. The van der Waals surface area contributed by atoms with E-state index in [1.807, 2.05) is 13.8 Å². The zero-order valence-electron chi connectivity index (χ0n) is 15.4. The zero-order chi connectivity index (χ0) is 16.5. The molecule has 1 unspecified atom stereocenters. The van der Waals surface area contributed by atoms with E-state index in [4.69, 9.17) is 0 Å². The van der Waals surface area contributed by atoms with E-state index in [9.17, 15) is 0 Å². The van der Waals surface area contributed by atoms with E-state index >= 15 is 0 Å². The van der Waals surface area contributed by atoms with Crippen LogP contribution in [0.5, 0.6) is 0 Å². The van der Waals surface area contributed by atoms with Crippen molar-refractivity contribution in [2.45, 2.75) is 65.2 Å². The highest BCUT2D eigenvalue weighted by molar-refractivity contribution is 7.80. The van der Waals surface area contributed by atoms with Gasteiger partial charge in [0.1, 0.15) is 0 Å². The summed E-state index contributed by atoms with van der Waals surface area (Å²) in [5.41, 5.74) is 1.30. The monoisotopic (exact) mass is 326 g/mol.